The highest BCUT2D eigenvalue weighted by molar-refractivity contribution is 7.85. The maximum Gasteiger partial charge on any atom is 0.416 e. The maximum atomic E-state index is 12.7. The minimum Gasteiger partial charge on any atom is -0.286 e. The molecule has 3 rings (SSSR count). The van der Waals surface area contributed by atoms with E-state index in [0.29, 0.717) is 12.1 Å². The van der Waals surface area contributed by atoms with E-state index in [1.54, 1.807) is 12.2 Å². The Hall–Kier alpha value is -2.23. The second-order valence-electron chi connectivity index (χ2n) is 6.15. The lowest BCUT2D eigenvalue weighted by atomic mass is 10.1. The van der Waals surface area contributed by atoms with E-state index in [9.17, 15) is 21.6 Å². The largest absolute Gasteiger partial charge is 0.416 e. The number of hydrogen-bond acceptors (Lipinski definition) is 3. The summed E-state index contributed by atoms with van der Waals surface area (Å²) in [5.74, 6) is -0.341. The highest BCUT2D eigenvalue weighted by Crippen LogP contribution is 2.29. The van der Waals surface area contributed by atoms with Gasteiger partial charge in [-0.25, -0.2) is 0 Å². The summed E-state index contributed by atoms with van der Waals surface area (Å²) < 4.78 is 71.8. The van der Waals surface area contributed by atoms with E-state index in [0.717, 1.165) is 27.4 Å². The van der Waals surface area contributed by atoms with Crippen molar-refractivity contribution in [1.82, 2.24) is 0 Å². The van der Waals surface area contributed by atoms with Gasteiger partial charge in [-0.05, 0) is 29.8 Å². The molecular weight excluding hydrogens is 411 g/mol. The van der Waals surface area contributed by atoms with Crippen LogP contribution in [0.1, 0.15) is 22.6 Å². The van der Waals surface area contributed by atoms with Crippen molar-refractivity contribution < 1.29 is 30.7 Å². The number of aromatic nitrogens is 1. The van der Waals surface area contributed by atoms with E-state index in [1.807, 2.05) is 28.8 Å². The summed E-state index contributed by atoms with van der Waals surface area (Å²) in [6.07, 6.45) is -0.625. The van der Waals surface area contributed by atoms with Gasteiger partial charge in [0.25, 0.3) is 15.1 Å². The zero-order valence-corrected chi connectivity index (χ0v) is 16.2. The van der Waals surface area contributed by atoms with Crippen LogP contribution in [-0.2, 0) is 22.8 Å². The van der Waals surface area contributed by atoms with Gasteiger partial charge in [-0.15, -0.1) is 0 Å². The average molecular weight is 428 g/mol. The second-order valence-corrected chi connectivity index (χ2v) is 8.79. The van der Waals surface area contributed by atoms with Crippen molar-refractivity contribution >= 4 is 43.8 Å². The summed E-state index contributed by atoms with van der Waals surface area (Å²) in [5.41, 5.74) is 0.844. The molecule has 4 nitrogen and oxygen atoms in total. The highest BCUT2D eigenvalue weighted by atomic mass is 32.2. The van der Waals surface area contributed by atoms with Crippen LogP contribution in [0.2, 0.25) is 0 Å². The lowest BCUT2D eigenvalue weighted by Gasteiger charge is -2.05. The van der Waals surface area contributed by atoms with Gasteiger partial charge < -0.3 is 0 Å². The van der Waals surface area contributed by atoms with E-state index in [4.69, 9.17) is 4.55 Å². The van der Waals surface area contributed by atoms with Gasteiger partial charge in [0.1, 0.15) is 4.70 Å². The normalized spacial score (nSPS) is 12.9. The van der Waals surface area contributed by atoms with E-state index in [-0.39, 0.29) is 12.2 Å². The topological polar surface area (TPSA) is 58.3 Å². The molecule has 28 heavy (non-hydrogen) atoms. The fourth-order valence-electron chi connectivity index (χ4n) is 2.76. The van der Waals surface area contributed by atoms with Gasteiger partial charge in [-0.2, -0.15) is 26.2 Å². The minimum atomic E-state index is -4.37. The molecule has 1 N–H and O–H groups in total. The molecule has 148 valence electrons. The molecular formula is C19H17F3NO3S2+. The number of thiazole rings is 1. The van der Waals surface area contributed by atoms with E-state index < -0.39 is 21.9 Å². The SMILES string of the molecule is O=S(=O)(O)CCC[n+]1c(C=Cc2ccc(C(F)(F)F)cc2)sc2ccccc21. The lowest BCUT2D eigenvalue weighted by molar-refractivity contribution is -0.668. The summed E-state index contributed by atoms with van der Waals surface area (Å²) in [5, 5.41) is 0.830. The van der Waals surface area contributed by atoms with Crippen LogP contribution in [0.25, 0.3) is 22.4 Å². The van der Waals surface area contributed by atoms with Gasteiger partial charge >= 0.3 is 6.18 Å². The monoisotopic (exact) mass is 428 g/mol. The van der Waals surface area contributed by atoms with Gasteiger partial charge in [0.15, 0.2) is 6.54 Å². The third-order valence-electron chi connectivity index (χ3n) is 4.08. The first-order valence-electron chi connectivity index (χ1n) is 8.35. The Balaban J connectivity index is 1.87. The van der Waals surface area contributed by atoms with Crippen LogP contribution in [0.4, 0.5) is 13.2 Å². The van der Waals surface area contributed by atoms with Crippen LogP contribution in [0.15, 0.2) is 48.5 Å². The number of alkyl halides is 3. The zero-order chi connectivity index (χ0) is 20.4. The smallest absolute Gasteiger partial charge is 0.286 e. The number of fused-ring (bicyclic) bond motifs is 1. The molecule has 0 saturated heterocycles. The number of benzene rings is 2. The van der Waals surface area contributed by atoms with Crippen molar-refractivity contribution in [2.45, 2.75) is 19.1 Å². The first-order chi connectivity index (χ1) is 13.1. The molecule has 0 aliphatic rings. The van der Waals surface area contributed by atoms with Crippen molar-refractivity contribution in [3.8, 4) is 0 Å². The number of rotatable bonds is 6. The summed E-state index contributed by atoms with van der Waals surface area (Å²) in [6.45, 7) is 0.385. The molecule has 0 fully saturated rings. The van der Waals surface area contributed by atoms with E-state index in [2.05, 4.69) is 0 Å². The number of aryl methyl sites for hydroxylation is 1. The molecule has 0 amide bonds. The molecule has 0 saturated carbocycles. The van der Waals surface area contributed by atoms with Crippen molar-refractivity contribution in [2.75, 3.05) is 5.75 Å². The fourth-order valence-corrected chi connectivity index (χ4v) is 4.35. The molecule has 0 spiro atoms. The fraction of sp³-hybridized carbons (Fsp3) is 0.211. The Morgan fingerprint density at radius 3 is 2.36 bits per heavy atom. The third kappa shape index (κ3) is 5.18. The minimum absolute atomic E-state index is 0.241. The molecule has 0 atom stereocenters. The molecule has 1 heterocycles. The van der Waals surface area contributed by atoms with E-state index in [1.165, 1.54) is 23.5 Å². The predicted octanol–water partition coefficient (Wildman–Crippen LogP) is 4.66. The Morgan fingerprint density at radius 1 is 1.04 bits per heavy atom. The first kappa shape index (κ1) is 20.5. The zero-order valence-electron chi connectivity index (χ0n) is 14.6. The number of para-hydroxylation sites is 1. The van der Waals surface area contributed by atoms with Crippen LogP contribution in [0.3, 0.4) is 0 Å². The molecule has 0 radical (unpaired) electrons. The standard InChI is InChI=1S/C19H16F3NO3S2/c20-19(21,22)15-9-6-14(7-10-15)8-11-18-23(12-3-13-28(24,25)26)16-4-1-2-5-17(16)27-18/h1-2,4-11H,3,12-13H2/p+1. The number of hydrogen-bond donors (Lipinski definition) is 1. The molecule has 0 aliphatic carbocycles. The van der Waals surface area contributed by atoms with E-state index >= 15 is 0 Å². The molecule has 3 aromatic rings. The van der Waals surface area contributed by atoms with Crippen LogP contribution in [0, 0.1) is 0 Å². The van der Waals surface area contributed by atoms with Crippen LogP contribution >= 0.6 is 11.3 Å². The lowest BCUT2D eigenvalue weighted by Crippen LogP contribution is -2.35. The van der Waals surface area contributed by atoms with Gasteiger partial charge in [0.05, 0.1) is 11.3 Å². The predicted molar refractivity (Wildman–Crippen MR) is 103 cm³/mol. The molecule has 9 heteroatoms. The molecule has 0 unspecified atom stereocenters. The molecule has 0 bridgehead atoms. The van der Waals surface area contributed by atoms with Gasteiger partial charge in [-0.3, -0.25) is 4.55 Å². The van der Waals surface area contributed by atoms with Crippen LogP contribution < -0.4 is 4.57 Å². The summed E-state index contributed by atoms with van der Waals surface area (Å²) in [6, 6.07) is 12.5. The Labute approximate surface area is 164 Å². The first-order valence-corrected chi connectivity index (χ1v) is 10.8. The summed E-state index contributed by atoms with van der Waals surface area (Å²) >= 11 is 1.49. The van der Waals surface area contributed by atoms with Crippen LogP contribution in [-0.4, -0.2) is 18.7 Å². The van der Waals surface area contributed by atoms with Crippen molar-refractivity contribution in [1.29, 1.82) is 0 Å². The van der Waals surface area contributed by atoms with Gasteiger partial charge in [0.2, 0.25) is 5.52 Å². The van der Waals surface area contributed by atoms with Crippen molar-refractivity contribution in [3.05, 3.63) is 64.7 Å². The Bertz CT molecular complexity index is 1100. The Kier molecular flexibility index (Phi) is 5.87. The average Bonchev–Trinajstić information content (AvgIpc) is 2.96. The summed E-state index contributed by atoms with van der Waals surface area (Å²) in [7, 11) is -4.03. The molecule has 1 aromatic heterocycles. The second kappa shape index (κ2) is 8.02. The third-order valence-corrected chi connectivity index (χ3v) is 6.01. The van der Waals surface area contributed by atoms with Crippen LogP contribution in [0.5, 0.6) is 0 Å². The van der Waals surface area contributed by atoms with Gasteiger partial charge in [-0.1, -0.05) is 35.6 Å². The number of nitrogens with zero attached hydrogens (tertiary/aromatic N) is 1. The quantitative estimate of drug-likeness (QED) is 0.459. The maximum absolute atomic E-state index is 12.7. The highest BCUT2D eigenvalue weighted by Gasteiger charge is 2.29. The summed E-state index contributed by atoms with van der Waals surface area (Å²) in [4.78, 5) is 0. The van der Waals surface area contributed by atoms with Crippen molar-refractivity contribution in [3.63, 3.8) is 0 Å². The van der Waals surface area contributed by atoms with Gasteiger partial charge in [0, 0.05) is 18.6 Å². The Morgan fingerprint density at radius 2 is 1.71 bits per heavy atom. The molecule has 0 aliphatic heterocycles. The molecule has 2 aromatic carbocycles. The number of halogens is 3. The van der Waals surface area contributed by atoms with Crippen molar-refractivity contribution in [2.24, 2.45) is 0 Å².